The topological polar surface area (TPSA) is 129 Å². The van der Waals surface area contributed by atoms with Gasteiger partial charge in [-0.2, -0.15) is 0 Å². The Morgan fingerprint density at radius 3 is 2.49 bits per heavy atom. The number of nitro benzene ring substituents is 1. The van der Waals surface area contributed by atoms with Gasteiger partial charge in [0.25, 0.3) is 17.5 Å². The molecule has 11 heteroatoms. The van der Waals surface area contributed by atoms with E-state index in [0.717, 1.165) is 5.69 Å². The number of benzene rings is 2. The Kier molecular flexibility index (Phi) is 7.05. The molecule has 3 amide bonds. The Hall–Kier alpha value is -4.67. The van der Waals surface area contributed by atoms with Crippen molar-refractivity contribution in [3.8, 4) is 0 Å². The lowest BCUT2D eigenvalue weighted by Crippen LogP contribution is -2.57. The Morgan fingerprint density at radius 1 is 1.08 bits per heavy atom. The molecule has 5 rings (SSSR count). The molecule has 1 N–H and O–H groups in total. The third-order valence-corrected chi connectivity index (χ3v) is 7.49. The summed E-state index contributed by atoms with van der Waals surface area (Å²) in [5.41, 5.74) is 0.585. The van der Waals surface area contributed by atoms with Crippen LogP contribution in [0.1, 0.15) is 34.5 Å². The van der Waals surface area contributed by atoms with Crippen molar-refractivity contribution in [1.82, 2.24) is 15.1 Å². The van der Waals surface area contributed by atoms with Crippen LogP contribution < -0.4 is 10.2 Å². The summed E-state index contributed by atoms with van der Waals surface area (Å²) in [5.74, 6) is -0.135. The minimum atomic E-state index is -0.904. The fourth-order valence-corrected chi connectivity index (χ4v) is 5.35. The van der Waals surface area contributed by atoms with Gasteiger partial charge in [-0.1, -0.05) is 24.3 Å². The molecule has 2 aliphatic rings. The minimum Gasteiger partial charge on any atom is -0.467 e. The number of nitrogens with zero attached hydrogens (tertiary/aromatic N) is 4. The van der Waals surface area contributed by atoms with E-state index < -0.39 is 10.5 Å². The number of furan rings is 1. The van der Waals surface area contributed by atoms with Crippen LogP contribution in [0.2, 0.25) is 0 Å². The van der Waals surface area contributed by atoms with Gasteiger partial charge >= 0.3 is 0 Å². The predicted octanol–water partition coefficient (Wildman–Crippen LogP) is 3.09. The molecule has 2 fully saturated rings. The molecule has 202 valence electrons. The highest BCUT2D eigenvalue weighted by molar-refractivity contribution is 5.98. The van der Waals surface area contributed by atoms with Crippen molar-refractivity contribution >= 4 is 29.1 Å². The van der Waals surface area contributed by atoms with Crippen LogP contribution in [-0.2, 0) is 16.1 Å². The summed E-state index contributed by atoms with van der Waals surface area (Å²) < 4.78 is 5.26. The van der Waals surface area contributed by atoms with Crippen LogP contribution >= 0.6 is 0 Å². The van der Waals surface area contributed by atoms with Crippen molar-refractivity contribution in [1.29, 1.82) is 0 Å². The Bertz CT molecular complexity index is 1380. The molecule has 1 aromatic heterocycles. The van der Waals surface area contributed by atoms with Gasteiger partial charge in [0, 0.05) is 36.0 Å². The average molecular weight is 532 g/mol. The molecular formula is C28H29N5O6. The third-order valence-electron chi connectivity index (χ3n) is 7.49. The standard InChI is InChI=1S/C28H29N5O6/c1-20-9-10-21(16-24(20)33(37)38)26(35)30-13-11-28(12-14-30)27(36)31(19-32(28)22-6-3-2-4-7-22)18-25(34)29-17-23-8-5-15-39-23/h2-10,15-16H,11-14,17-19H2,1H3,(H,29,34). The maximum Gasteiger partial charge on any atom is 0.273 e. The van der Waals surface area contributed by atoms with Gasteiger partial charge in [-0.15, -0.1) is 0 Å². The SMILES string of the molecule is Cc1ccc(C(=O)N2CCC3(CC2)C(=O)N(CC(=O)NCc2ccco2)CN3c2ccccc2)cc1[N+](=O)[O-]. The zero-order chi connectivity index (χ0) is 27.6. The van der Waals surface area contributed by atoms with Gasteiger partial charge in [-0.25, -0.2) is 0 Å². The van der Waals surface area contributed by atoms with Gasteiger partial charge < -0.3 is 24.4 Å². The molecule has 2 saturated heterocycles. The summed E-state index contributed by atoms with van der Waals surface area (Å²) in [6.07, 6.45) is 2.26. The second-order valence-electron chi connectivity index (χ2n) is 9.85. The number of piperidine rings is 1. The van der Waals surface area contributed by atoms with Gasteiger partial charge in [0.15, 0.2) is 0 Å². The number of anilines is 1. The van der Waals surface area contributed by atoms with E-state index in [0.29, 0.717) is 37.3 Å². The number of nitrogens with one attached hydrogen (secondary N) is 1. The first-order valence-corrected chi connectivity index (χ1v) is 12.7. The van der Waals surface area contributed by atoms with Crippen LogP contribution in [0.4, 0.5) is 11.4 Å². The van der Waals surface area contributed by atoms with E-state index >= 15 is 0 Å². The molecule has 39 heavy (non-hydrogen) atoms. The summed E-state index contributed by atoms with van der Waals surface area (Å²) in [4.78, 5) is 55.8. The molecule has 1 spiro atoms. The fraction of sp³-hybridized carbons (Fsp3) is 0.321. The summed E-state index contributed by atoms with van der Waals surface area (Å²) in [6, 6.07) is 17.5. The molecule has 11 nitrogen and oxygen atoms in total. The van der Waals surface area contributed by atoms with Crippen LogP contribution in [0, 0.1) is 17.0 Å². The smallest absolute Gasteiger partial charge is 0.273 e. The van der Waals surface area contributed by atoms with Crippen LogP contribution in [-0.4, -0.2) is 64.3 Å². The number of likely N-dealkylation sites (tertiary alicyclic amines) is 1. The highest BCUT2D eigenvalue weighted by Crippen LogP contribution is 2.39. The van der Waals surface area contributed by atoms with Crippen molar-refractivity contribution in [2.24, 2.45) is 0 Å². The van der Waals surface area contributed by atoms with Gasteiger partial charge in [-0.05, 0) is 50.1 Å². The zero-order valence-corrected chi connectivity index (χ0v) is 21.5. The number of hydrogen-bond donors (Lipinski definition) is 1. The monoisotopic (exact) mass is 531 g/mol. The molecule has 3 heterocycles. The summed E-state index contributed by atoms with van der Waals surface area (Å²) in [6.45, 7) is 2.61. The maximum absolute atomic E-state index is 13.8. The van der Waals surface area contributed by atoms with Gasteiger partial charge in [-0.3, -0.25) is 24.5 Å². The van der Waals surface area contributed by atoms with Crippen molar-refractivity contribution < 1.29 is 23.7 Å². The zero-order valence-electron chi connectivity index (χ0n) is 21.5. The number of aryl methyl sites for hydroxylation is 1. The summed E-state index contributed by atoms with van der Waals surface area (Å²) in [5, 5.41) is 14.1. The molecule has 2 aromatic carbocycles. The second-order valence-corrected chi connectivity index (χ2v) is 9.85. The summed E-state index contributed by atoms with van der Waals surface area (Å²) >= 11 is 0. The van der Waals surface area contributed by atoms with E-state index in [2.05, 4.69) is 5.32 Å². The van der Waals surface area contributed by atoms with E-state index in [-0.39, 0.29) is 48.7 Å². The molecule has 2 aliphatic heterocycles. The Labute approximate surface area is 225 Å². The molecule has 3 aromatic rings. The fourth-order valence-electron chi connectivity index (χ4n) is 5.35. The molecule has 0 atom stereocenters. The lowest BCUT2D eigenvalue weighted by molar-refractivity contribution is -0.385. The molecule has 0 bridgehead atoms. The maximum atomic E-state index is 13.8. The molecule has 0 radical (unpaired) electrons. The third kappa shape index (κ3) is 5.07. The van der Waals surface area contributed by atoms with Crippen LogP contribution in [0.5, 0.6) is 0 Å². The van der Waals surface area contributed by atoms with Crippen LogP contribution in [0.25, 0.3) is 0 Å². The van der Waals surface area contributed by atoms with Crippen molar-refractivity contribution in [2.75, 3.05) is 31.2 Å². The highest BCUT2D eigenvalue weighted by atomic mass is 16.6. The highest BCUT2D eigenvalue weighted by Gasteiger charge is 2.54. The van der Waals surface area contributed by atoms with E-state index in [1.807, 2.05) is 35.2 Å². The Morgan fingerprint density at radius 2 is 1.82 bits per heavy atom. The number of hydrogen-bond acceptors (Lipinski definition) is 7. The lowest BCUT2D eigenvalue weighted by Gasteiger charge is -2.43. The van der Waals surface area contributed by atoms with Crippen molar-refractivity contribution in [3.63, 3.8) is 0 Å². The summed E-state index contributed by atoms with van der Waals surface area (Å²) in [7, 11) is 0. The van der Waals surface area contributed by atoms with Crippen LogP contribution in [0.3, 0.4) is 0 Å². The van der Waals surface area contributed by atoms with E-state index in [4.69, 9.17) is 4.42 Å². The molecular weight excluding hydrogens is 502 g/mol. The first kappa shape index (κ1) is 26.0. The number of amides is 3. The first-order chi connectivity index (χ1) is 18.8. The predicted molar refractivity (Wildman–Crippen MR) is 142 cm³/mol. The van der Waals surface area contributed by atoms with E-state index in [1.165, 1.54) is 12.3 Å². The minimum absolute atomic E-state index is 0.0969. The van der Waals surface area contributed by atoms with Crippen molar-refractivity contribution in [2.45, 2.75) is 31.8 Å². The van der Waals surface area contributed by atoms with Gasteiger partial charge in [0.2, 0.25) is 5.91 Å². The van der Waals surface area contributed by atoms with Gasteiger partial charge in [0.1, 0.15) is 17.8 Å². The number of carbonyl (C=O) groups is 3. The van der Waals surface area contributed by atoms with E-state index in [1.54, 1.807) is 41.0 Å². The second kappa shape index (κ2) is 10.6. The molecule has 0 aliphatic carbocycles. The number of carbonyl (C=O) groups excluding carboxylic acids is 3. The van der Waals surface area contributed by atoms with Gasteiger partial charge in [0.05, 0.1) is 24.4 Å². The quantitative estimate of drug-likeness (QED) is 0.366. The number of para-hydroxylation sites is 1. The normalized spacial score (nSPS) is 16.5. The molecule has 0 saturated carbocycles. The van der Waals surface area contributed by atoms with E-state index in [9.17, 15) is 24.5 Å². The number of nitro groups is 1. The largest absolute Gasteiger partial charge is 0.467 e. The molecule has 0 unspecified atom stereocenters. The Balaban J connectivity index is 1.32. The number of rotatable bonds is 7. The first-order valence-electron chi connectivity index (χ1n) is 12.7. The average Bonchev–Trinajstić information content (AvgIpc) is 3.56. The lowest BCUT2D eigenvalue weighted by atomic mass is 9.85. The van der Waals surface area contributed by atoms with Crippen molar-refractivity contribution in [3.05, 3.63) is 93.9 Å². The van der Waals surface area contributed by atoms with Crippen LogP contribution in [0.15, 0.2) is 71.3 Å².